The molecule has 2 rings (SSSR count). The smallest absolute Gasteiger partial charge is 0.130 e. The number of hydrogen-bond donors (Lipinski definition) is 2. The average Bonchev–Trinajstić information content (AvgIpc) is 2.70. The van der Waals surface area contributed by atoms with Gasteiger partial charge in [-0.1, -0.05) is 103 Å². The Hall–Kier alpha value is -2.03. The van der Waals surface area contributed by atoms with Gasteiger partial charge in [-0.25, -0.2) is 4.99 Å². The fourth-order valence-corrected chi connectivity index (χ4v) is 3.25. The van der Waals surface area contributed by atoms with E-state index in [-0.39, 0.29) is 17.6 Å². The van der Waals surface area contributed by atoms with Crippen molar-refractivity contribution in [3.05, 3.63) is 59.3 Å². The Kier molecular flexibility index (Phi) is 13.9. The Labute approximate surface area is 187 Å². The van der Waals surface area contributed by atoms with Crippen molar-refractivity contribution in [3.63, 3.8) is 0 Å². The van der Waals surface area contributed by atoms with Gasteiger partial charge in [0.2, 0.25) is 0 Å². The number of hydrogen-bond acceptors (Lipinski definition) is 3. The molecule has 3 heteroatoms. The predicted molar refractivity (Wildman–Crippen MR) is 136 cm³/mol. The molecule has 0 saturated carbocycles. The lowest BCUT2D eigenvalue weighted by Gasteiger charge is -2.36. The molecule has 3 nitrogen and oxygen atoms in total. The van der Waals surface area contributed by atoms with Crippen molar-refractivity contribution in [1.82, 2.24) is 10.6 Å². The van der Waals surface area contributed by atoms with Gasteiger partial charge in [0.1, 0.15) is 12.0 Å². The van der Waals surface area contributed by atoms with Gasteiger partial charge >= 0.3 is 0 Å². The van der Waals surface area contributed by atoms with Crippen molar-refractivity contribution in [2.45, 2.75) is 106 Å². The third-order valence-electron chi connectivity index (χ3n) is 4.85. The summed E-state index contributed by atoms with van der Waals surface area (Å²) < 4.78 is 0. The number of rotatable bonds is 6. The van der Waals surface area contributed by atoms with Crippen LogP contribution in [0.15, 0.2) is 58.7 Å². The van der Waals surface area contributed by atoms with Gasteiger partial charge in [-0.3, -0.25) is 0 Å². The Morgan fingerprint density at radius 2 is 1.70 bits per heavy atom. The summed E-state index contributed by atoms with van der Waals surface area (Å²) >= 11 is 0. The van der Waals surface area contributed by atoms with Crippen LogP contribution in [0.1, 0.15) is 94.1 Å². The monoisotopic (exact) mass is 413 g/mol. The number of nitrogens with zero attached hydrogens (tertiary/aromatic N) is 1. The van der Waals surface area contributed by atoms with Gasteiger partial charge < -0.3 is 10.6 Å². The third-order valence-corrected chi connectivity index (χ3v) is 4.85. The van der Waals surface area contributed by atoms with E-state index in [2.05, 4.69) is 109 Å². The van der Waals surface area contributed by atoms with E-state index in [9.17, 15) is 0 Å². The molecule has 0 saturated heterocycles. The molecule has 1 aliphatic rings. The van der Waals surface area contributed by atoms with Gasteiger partial charge in [0.25, 0.3) is 0 Å². The predicted octanol–water partition coefficient (Wildman–Crippen LogP) is 7.36. The van der Waals surface area contributed by atoms with E-state index in [0.29, 0.717) is 0 Å². The van der Waals surface area contributed by atoms with Gasteiger partial charge in [-0.2, -0.15) is 0 Å². The molecule has 30 heavy (non-hydrogen) atoms. The Bertz CT molecular complexity index is 663. The maximum atomic E-state index is 4.92. The number of allylic oxidation sites excluding steroid dienone is 2. The minimum atomic E-state index is -0.0938. The fourth-order valence-electron chi connectivity index (χ4n) is 3.25. The van der Waals surface area contributed by atoms with Crippen molar-refractivity contribution in [3.8, 4) is 0 Å². The minimum Gasteiger partial charge on any atom is -0.367 e. The zero-order chi connectivity index (χ0) is 23.2. The molecule has 0 radical (unpaired) electrons. The molecular formula is C27H47N3. The van der Waals surface area contributed by atoms with Crippen LogP contribution in [0.5, 0.6) is 0 Å². The van der Waals surface area contributed by atoms with Crippen molar-refractivity contribution in [1.29, 1.82) is 0 Å². The largest absolute Gasteiger partial charge is 0.367 e. The fraction of sp³-hybridized carbons (Fsp3) is 0.593. The van der Waals surface area contributed by atoms with Gasteiger partial charge in [0, 0.05) is 17.2 Å². The molecule has 0 amide bonds. The van der Waals surface area contributed by atoms with Crippen LogP contribution in [-0.4, -0.2) is 18.0 Å². The number of unbranched alkanes of at least 4 members (excludes halogenated alkanes) is 2. The number of aliphatic imine (C=N–C) groups is 1. The highest BCUT2D eigenvalue weighted by atomic mass is 15.2. The molecular weight excluding hydrogens is 366 g/mol. The lowest BCUT2D eigenvalue weighted by molar-refractivity contribution is 0.368. The van der Waals surface area contributed by atoms with E-state index in [1.165, 1.54) is 30.4 Å². The maximum Gasteiger partial charge on any atom is 0.130 e. The first-order chi connectivity index (χ1) is 14.2. The molecule has 1 aromatic rings. The Morgan fingerprint density at radius 1 is 1.13 bits per heavy atom. The van der Waals surface area contributed by atoms with Crippen LogP contribution in [0, 0.1) is 0 Å². The number of amidine groups is 1. The lowest BCUT2D eigenvalue weighted by Crippen LogP contribution is -2.47. The molecule has 1 heterocycles. The van der Waals surface area contributed by atoms with Crippen LogP contribution >= 0.6 is 0 Å². The molecule has 0 bridgehead atoms. The first-order valence-corrected chi connectivity index (χ1v) is 11.7. The van der Waals surface area contributed by atoms with E-state index >= 15 is 0 Å². The van der Waals surface area contributed by atoms with Gasteiger partial charge in [0.15, 0.2) is 0 Å². The number of benzene rings is 1. The van der Waals surface area contributed by atoms with Gasteiger partial charge in [0.05, 0.1) is 0 Å². The van der Waals surface area contributed by atoms with Crippen LogP contribution < -0.4 is 10.6 Å². The highest BCUT2D eigenvalue weighted by Crippen LogP contribution is 2.29. The van der Waals surface area contributed by atoms with E-state index in [4.69, 9.17) is 4.99 Å². The summed E-state index contributed by atoms with van der Waals surface area (Å²) in [6, 6.07) is 10.8. The minimum absolute atomic E-state index is 0.0105. The summed E-state index contributed by atoms with van der Waals surface area (Å²) in [6.07, 6.45) is 8.38. The highest BCUT2D eigenvalue weighted by Gasteiger charge is 2.32. The maximum absolute atomic E-state index is 4.92. The summed E-state index contributed by atoms with van der Waals surface area (Å²) in [5.74, 6) is 0.945. The standard InChI is InChI=1S/C20H29N3.C5H12.C2H6/c1-14(2)12-15(3)21-18-13-16(4)22-19(23-18)20(5,6)17-10-8-7-9-11-17;1-3-5-4-2;1-2/h7-13,15,19,22H,1-6H3,(H,21,23);3-5H2,1-2H3;1-2H3. The molecule has 170 valence electrons. The first kappa shape index (κ1) is 28.0. The van der Waals surface area contributed by atoms with E-state index in [1.807, 2.05) is 13.8 Å². The van der Waals surface area contributed by atoms with Crippen LogP contribution in [0.4, 0.5) is 0 Å². The Balaban J connectivity index is 0.00000105. The summed E-state index contributed by atoms with van der Waals surface area (Å²) in [7, 11) is 0. The first-order valence-electron chi connectivity index (χ1n) is 11.7. The summed E-state index contributed by atoms with van der Waals surface area (Å²) in [6.45, 7) is 21.4. The highest BCUT2D eigenvalue weighted by molar-refractivity contribution is 5.94. The van der Waals surface area contributed by atoms with Crippen molar-refractivity contribution in [2.24, 2.45) is 4.99 Å². The molecule has 1 aromatic carbocycles. The second-order valence-electron chi connectivity index (χ2n) is 8.51. The van der Waals surface area contributed by atoms with Crippen molar-refractivity contribution < 1.29 is 0 Å². The molecule has 0 aliphatic carbocycles. The average molecular weight is 414 g/mol. The lowest BCUT2D eigenvalue weighted by atomic mass is 9.81. The quantitative estimate of drug-likeness (QED) is 0.478. The Morgan fingerprint density at radius 3 is 2.17 bits per heavy atom. The van der Waals surface area contributed by atoms with E-state index in [0.717, 1.165) is 11.5 Å². The second-order valence-corrected chi connectivity index (χ2v) is 8.51. The molecule has 0 aromatic heterocycles. The van der Waals surface area contributed by atoms with E-state index in [1.54, 1.807) is 0 Å². The van der Waals surface area contributed by atoms with Crippen LogP contribution in [-0.2, 0) is 5.41 Å². The van der Waals surface area contributed by atoms with Gasteiger partial charge in [-0.15, -0.1) is 0 Å². The molecule has 2 N–H and O–H groups in total. The zero-order valence-electron chi connectivity index (χ0n) is 21.3. The third kappa shape index (κ3) is 10.1. The van der Waals surface area contributed by atoms with Crippen LogP contribution in [0.25, 0.3) is 0 Å². The summed E-state index contributed by atoms with van der Waals surface area (Å²) in [5, 5.41) is 7.01. The van der Waals surface area contributed by atoms with Crippen molar-refractivity contribution >= 4 is 5.84 Å². The van der Waals surface area contributed by atoms with Crippen molar-refractivity contribution in [2.75, 3.05) is 0 Å². The molecule has 1 aliphatic heterocycles. The molecule has 0 spiro atoms. The number of nitrogens with one attached hydrogen (secondary N) is 2. The van der Waals surface area contributed by atoms with Gasteiger partial charge in [-0.05, 0) is 39.3 Å². The second kappa shape index (κ2) is 14.9. The summed E-state index contributed by atoms with van der Waals surface area (Å²) in [5.41, 5.74) is 3.64. The molecule has 2 unspecified atom stereocenters. The normalized spacial score (nSPS) is 16.3. The van der Waals surface area contributed by atoms with Crippen LogP contribution in [0.3, 0.4) is 0 Å². The zero-order valence-corrected chi connectivity index (χ0v) is 21.3. The molecule has 0 fully saturated rings. The van der Waals surface area contributed by atoms with Crippen LogP contribution in [0.2, 0.25) is 0 Å². The summed E-state index contributed by atoms with van der Waals surface area (Å²) in [4.78, 5) is 4.92. The van der Waals surface area contributed by atoms with E-state index < -0.39 is 0 Å². The topological polar surface area (TPSA) is 36.4 Å². The SMILES string of the molecule is CC.CC(C)=CC(C)NC1=NC(C(C)(C)c2ccccc2)NC(C)=C1.CCCCC. The molecule has 2 atom stereocenters.